The molecule has 0 radical (unpaired) electrons. The van der Waals surface area contributed by atoms with Gasteiger partial charge in [-0.3, -0.25) is 4.72 Å². The molecular weight excluding hydrogens is 333 g/mol. The second kappa shape index (κ2) is 6.32. The van der Waals surface area contributed by atoms with E-state index in [1.165, 1.54) is 19.8 Å². The molecule has 1 N–H and O–H groups in total. The zero-order chi connectivity index (χ0) is 17.3. The normalized spacial score (nSPS) is 13.5. The average Bonchev–Trinajstić information content (AvgIpc) is 3.01. The van der Waals surface area contributed by atoms with Gasteiger partial charge in [-0.05, 0) is 42.5 Å². The van der Waals surface area contributed by atoms with E-state index in [-0.39, 0.29) is 11.5 Å². The summed E-state index contributed by atoms with van der Waals surface area (Å²) < 4.78 is 51.8. The molecule has 0 aromatic heterocycles. The van der Waals surface area contributed by atoms with E-state index < -0.39 is 20.7 Å². The number of hydrogen-bond donors (Lipinski definition) is 1. The van der Waals surface area contributed by atoms with E-state index in [4.69, 9.17) is 9.47 Å². The summed E-state index contributed by atoms with van der Waals surface area (Å²) in [6.45, 7) is 0. The number of sulfonamides is 1. The van der Waals surface area contributed by atoms with Crippen molar-refractivity contribution in [3.63, 3.8) is 0 Å². The molecule has 7 heteroatoms. The maximum Gasteiger partial charge on any atom is 0.264 e. The molecule has 0 saturated carbocycles. The number of benzene rings is 2. The molecule has 5 nitrogen and oxygen atoms in total. The van der Waals surface area contributed by atoms with Crippen molar-refractivity contribution in [2.24, 2.45) is 0 Å². The van der Waals surface area contributed by atoms with Crippen LogP contribution in [0.15, 0.2) is 35.2 Å². The van der Waals surface area contributed by atoms with E-state index >= 15 is 0 Å². The Hall–Kier alpha value is -2.28. The van der Waals surface area contributed by atoms with Crippen molar-refractivity contribution in [1.82, 2.24) is 0 Å². The van der Waals surface area contributed by atoms with Gasteiger partial charge in [-0.1, -0.05) is 6.07 Å². The number of anilines is 1. The van der Waals surface area contributed by atoms with Gasteiger partial charge in [-0.15, -0.1) is 0 Å². The van der Waals surface area contributed by atoms with Crippen molar-refractivity contribution in [3.05, 3.63) is 47.3 Å². The lowest BCUT2D eigenvalue weighted by Gasteiger charge is -2.13. The lowest BCUT2D eigenvalue weighted by molar-refractivity contribution is 0.350. The van der Waals surface area contributed by atoms with Gasteiger partial charge in [-0.25, -0.2) is 12.8 Å². The van der Waals surface area contributed by atoms with E-state index in [0.717, 1.165) is 37.0 Å². The number of aryl methyl sites for hydroxylation is 2. The minimum Gasteiger partial charge on any atom is -0.493 e. The summed E-state index contributed by atoms with van der Waals surface area (Å²) in [5.41, 5.74) is 2.78. The topological polar surface area (TPSA) is 64.6 Å². The largest absolute Gasteiger partial charge is 0.493 e. The zero-order valence-corrected chi connectivity index (χ0v) is 14.2. The highest BCUT2D eigenvalue weighted by molar-refractivity contribution is 7.92. The maximum absolute atomic E-state index is 14.2. The molecule has 0 spiro atoms. The number of halogens is 1. The molecule has 3 rings (SSSR count). The monoisotopic (exact) mass is 351 g/mol. The molecule has 2 aromatic rings. The first-order valence-corrected chi connectivity index (χ1v) is 8.99. The molecule has 0 heterocycles. The van der Waals surface area contributed by atoms with Crippen LogP contribution in [0, 0.1) is 5.82 Å². The van der Waals surface area contributed by atoms with E-state index in [0.29, 0.717) is 5.69 Å². The van der Waals surface area contributed by atoms with Gasteiger partial charge < -0.3 is 9.47 Å². The summed E-state index contributed by atoms with van der Waals surface area (Å²) in [6, 6.07) is 7.52. The Bertz CT molecular complexity index is 880. The van der Waals surface area contributed by atoms with Crippen molar-refractivity contribution < 1.29 is 22.3 Å². The van der Waals surface area contributed by atoms with Crippen LogP contribution in [0.4, 0.5) is 10.1 Å². The van der Waals surface area contributed by atoms with Gasteiger partial charge in [0.2, 0.25) is 0 Å². The number of rotatable bonds is 5. The van der Waals surface area contributed by atoms with E-state index in [1.807, 2.05) is 6.07 Å². The zero-order valence-electron chi connectivity index (χ0n) is 13.4. The van der Waals surface area contributed by atoms with Crippen LogP contribution in [0.25, 0.3) is 0 Å². The third kappa shape index (κ3) is 3.03. The number of hydrogen-bond acceptors (Lipinski definition) is 4. The maximum atomic E-state index is 14.2. The van der Waals surface area contributed by atoms with Crippen LogP contribution >= 0.6 is 0 Å². The van der Waals surface area contributed by atoms with E-state index in [1.54, 1.807) is 12.1 Å². The lowest BCUT2D eigenvalue weighted by Crippen LogP contribution is -2.15. The Morgan fingerprint density at radius 1 is 1.00 bits per heavy atom. The SMILES string of the molecule is COc1cc(F)c(S(=O)(=O)Nc2ccc3c(c2)CCC3)cc1OC. The highest BCUT2D eigenvalue weighted by Gasteiger charge is 2.23. The Kier molecular flexibility index (Phi) is 4.36. The van der Waals surface area contributed by atoms with Gasteiger partial charge in [0.15, 0.2) is 11.5 Å². The second-order valence-electron chi connectivity index (χ2n) is 5.58. The first-order chi connectivity index (χ1) is 11.4. The fraction of sp³-hybridized carbons (Fsp3) is 0.294. The fourth-order valence-corrected chi connectivity index (χ4v) is 4.01. The van der Waals surface area contributed by atoms with Gasteiger partial charge in [0.1, 0.15) is 10.7 Å². The van der Waals surface area contributed by atoms with Crippen LogP contribution in [-0.2, 0) is 22.9 Å². The van der Waals surface area contributed by atoms with Crippen LogP contribution in [0.1, 0.15) is 17.5 Å². The fourth-order valence-electron chi connectivity index (χ4n) is 2.89. The molecule has 0 saturated heterocycles. The molecule has 0 atom stereocenters. The molecule has 128 valence electrons. The Balaban J connectivity index is 1.96. The molecule has 1 aliphatic rings. The first kappa shape index (κ1) is 16.6. The van der Waals surface area contributed by atoms with Crippen molar-refractivity contribution in [2.45, 2.75) is 24.2 Å². The number of nitrogens with one attached hydrogen (secondary N) is 1. The molecule has 0 fully saturated rings. The third-order valence-corrected chi connectivity index (χ3v) is 5.47. The summed E-state index contributed by atoms with van der Waals surface area (Å²) in [5, 5.41) is 0. The molecule has 2 aromatic carbocycles. The Labute approximate surface area is 140 Å². The van der Waals surface area contributed by atoms with Crippen molar-refractivity contribution >= 4 is 15.7 Å². The van der Waals surface area contributed by atoms with E-state index in [9.17, 15) is 12.8 Å². The predicted octanol–water partition coefficient (Wildman–Crippen LogP) is 3.13. The minimum atomic E-state index is -4.08. The molecule has 0 unspecified atom stereocenters. The number of ether oxygens (including phenoxy) is 2. The highest BCUT2D eigenvalue weighted by Crippen LogP contribution is 2.33. The van der Waals surface area contributed by atoms with E-state index in [2.05, 4.69) is 4.72 Å². The Morgan fingerprint density at radius 2 is 1.67 bits per heavy atom. The third-order valence-electron chi connectivity index (χ3n) is 4.08. The Morgan fingerprint density at radius 3 is 2.38 bits per heavy atom. The van der Waals surface area contributed by atoms with Crippen LogP contribution in [0.3, 0.4) is 0 Å². The highest BCUT2D eigenvalue weighted by atomic mass is 32.2. The predicted molar refractivity (Wildman–Crippen MR) is 88.8 cm³/mol. The van der Waals surface area contributed by atoms with Crippen LogP contribution in [-0.4, -0.2) is 22.6 Å². The summed E-state index contributed by atoms with van der Waals surface area (Å²) >= 11 is 0. The summed E-state index contributed by atoms with van der Waals surface area (Å²) in [5.74, 6) is -0.624. The molecule has 0 bridgehead atoms. The van der Waals surface area contributed by atoms with Gasteiger partial charge in [-0.2, -0.15) is 0 Å². The van der Waals surface area contributed by atoms with Crippen LogP contribution in [0.2, 0.25) is 0 Å². The van der Waals surface area contributed by atoms with Gasteiger partial charge in [0.05, 0.1) is 14.2 Å². The lowest BCUT2D eigenvalue weighted by atomic mass is 10.1. The van der Waals surface area contributed by atoms with Gasteiger partial charge in [0.25, 0.3) is 10.0 Å². The molecule has 0 amide bonds. The smallest absolute Gasteiger partial charge is 0.264 e. The molecule has 0 aliphatic heterocycles. The second-order valence-corrected chi connectivity index (χ2v) is 7.23. The van der Waals surface area contributed by atoms with Gasteiger partial charge >= 0.3 is 0 Å². The summed E-state index contributed by atoms with van der Waals surface area (Å²) in [4.78, 5) is -0.486. The first-order valence-electron chi connectivity index (χ1n) is 7.51. The average molecular weight is 351 g/mol. The summed E-state index contributed by atoms with van der Waals surface area (Å²) in [7, 11) is -1.36. The number of methoxy groups -OCH3 is 2. The van der Waals surface area contributed by atoms with Crippen molar-refractivity contribution in [2.75, 3.05) is 18.9 Å². The summed E-state index contributed by atoms with van der Waals surface area (Å²) in [6.07, 6.45) is 3.00. The van der Waals surface area contributed by atoms with Crippen LogP contribution < -0.4 is 14.2 Å². The molecular formula is C17H18FNO4S. The van der Waals surface area contributed by atoms with Crippen molar-refractivity contribution in [3.8, 4) is 11.5 Å². The van der Waals surface area contributed by atoms with Crippen LogP contribution in [0.5, 0.6) is 11.5 Å². The molecule has 1 aliphatic carbocycles. The standard InChI is InChI=1S/C17H18FNO4S/c1-22-15-9-14(18)17(10-16(15)23-2)24(20,21)19-13-7-6-11-4-3-5-12(11)8-13/h6-10,19H,3-5H2,1-2H3. The van der Waals surface area contributed by atoms with Gasteiger partial charge in [0, 0.05) is 17.8 Å². The quantitative estimate of drug-likeness (QED) is 0.899. The number of fused-ring (bicyclic) bond motifs is 1. The minimum absolute atomic E-state index is 0.131. The van der Waals surface area contributed by atoms with Crippen molar-refractivity contribution in [1.29, 1.82) is 0 Å². The molecule has 24 heavy (non-hydrogen) atoms.